The second kappa shape index (κ2) is 6.57. The molecular formula is C24H19N3O4. The summed E-state index contributed by atoms with van der Waals surface area (Å²) in [6.45, 7) is 2.17. The molecule has 2 aromatic heterocycles. The van der Waals surface area contributed by atoms with Gasteiger partial charge in [-0.05, 0) is 67.3 Å². The molecule has 7 heteroatoms. The van der Waals surface area contributed by atoms with E-state index < -0.39 is 5.41 Å². The van der Waals surface area contributed by atoms with Gasteiger partial charge in [-0.15, -0.1) is 0 Å². The number of oxazole rings is 1. The monoisotopic (exact) mass is 413 g/mol. The second-order valence-corrected chi connectivity index (χ2v) is 7.93. The fourth-order valence-corrected chi connectivity index (χ4v) is 4.09. The van der Waals surface area contributed by atoms with Crippen LogP contribution >= 0.6 is 0 Å². The average Bonchev–Trinajstić information content (AvgIpc) is 3.27. The van der Waals surface area contributed by atoms with Gasteiger partial charge < -0.3 is 19.2 Å². The summed E-state index contributed by atoms with van der Waals surface area (Å²) < 4.78 is 16.8. The van der Waals surface area contributed by atoms with Gasteiger partial charge in [0.1, 0.15) is 0 Å². The Labute approximate surface area is 178 Å². The van der Waals surface area contributed by atoms with Crippen LogP contribution in [0.4, 0.5) is 5.69 Å². The molecule has 0 atom stereocenters. The Morgan fingerprint density at radius 1 is 1.06 bits per heavy atom. The Bertz CT molecular complexity index is 1310. The van der Waals surface area contributed by atoms with Crippen molar-refractivity contribution in [3.05, 3.63) is 65.9 Å². The van der Waals surface area contributed by atoms with Crippen LogP contribution in [-0.2, 0) is 10.2 Å². The molecule has 2 aromatic carbocycles. The van der Waals surface area contributed by atoms with E-state index in [1.807, 2.05) is 55.5 Å². The third kappa shape index (κ3) is 2.84. The standard InChI is InChI=1S/C24H19N3O4/c1-14-16(22-27-21-19(31-22)6-3-11-25-21)4-2-5-17(14)26-23(28)24(9-10-24)15-7-8-18-20(12-15)30-13-29-18/h2-8,11-12H,9-10,13H2,1H3,(H,26,28). The number of rotatable bonds is 4. The highest BCUT2D eigenvalue weighted by Gasteiger charge is 2.51. The number of hydrogen-bond donors (Lipinski definition) is 1. The van der Waals surface area contributed by atoms with Crippen molar-refractivity contribution in [3.8, 4) is 23.0 Å². The Morgan fingerprint density at radius 3 is 2.77 bits per heavy atom. The first-order valence-electron chi connectivity index (χ1n) is 10.2. The Balaban J connectivity index is 1.31. The molecule has 0 radical (unpaired) electrons. The molecule has 0 bridgehead atoms. The smallest absolute Gasteiger partial charge is 0.235 e. The van der Waals surface area contributed by atoms with Gasteiger partial charge in [-0.3, -0.25) is 4.79 Å². The lowest BCUT2D eigenvalue weighted by Gasteiger charge is -2.18. The normalized spacial score (nSPS) is 15.8. The summed E-state index contributed by atoms with van der Waals surface area (Å²) in [6, 6.07) is 15.1. The highest BCUT2D eigenvalue weighted by molar-refractivity contribution is 6.02. The van der Waals surface area contributed by atoms with Crippen LogP contribution in [0.5, 0.6) is 11.5 Å². The van der Waals surface area contributed by atoms with Crippen LogP contribution in [0.15, 0.2) is 59.1 Å². The van der Waals surface area contributed by atoms with Gasteiger partial charge in [-0.1, -0.05) is 12.1 Å². The number of carbonyl (C=O) groups excluding carboxylic acids is 1. The lowest BCUT2D eigenvalue weighted by atomic mass is 9.94. The highest BCUT2D eigenvalue weighted by Crippen LogP contribution is 2.51. The number of aromatic nitrogens is 2. The highest BCUT2D eigenvalue weighted by atomic mass is 16.7. The fourth-order valence-electron chi connectivity index (χ4n) is 4.09. The SMILES string of the molecule is Cc1c(NC(=O)C2(c3ccc4c(c3)OCO4)CC2)cccc1-c1nc2ncccc2o1. The van der Waals surface area contributed by atoms with Gasteiger partial charge in [-0.25, -0.2) is 4.98 Å². The summed E-state index contributed by atoms with van der Waals surface area (Å²) >= 11 is 0. The summed E-state index contributed by atoms with van der Waals surface area (Å²) in [5.41, 5.74) is 4.06. The molecule has 154 valence electrons. The molecule has 6 rings (SSSR count). The van der Waals surface area contributed by atoms with Crippen LogP contribution in [0.2, 0.25) is 0 Å². The van der Waals surface area contributed by atoms with Gasteiger partial charge in [0.25, 0.3) is 0 Å². The maximum absolute atomic E-state index is 13.3. The first-order chi connectivity index (χ1) is 15.1. The molecule has 4 aromatic rings. The van der Waals surface area contributed by atoms with Crippen molar-refractivity contribution in [2.45, 2.75) is 25.2 Å². The van der Waals surface area contributed by atoms with Gasteiger partial charge in [-0.2, -0.15) is 4.98 Å². The van der Waals surface area contributed by atoms with Crippen LogP contribution in [0, 0.1) is 6.92 Å². The number of ether oxygens (including phenoxy) is 2. The molecule has 0 spiro atoms. The number of amides is 1. The summed E-state index contributed by atoms with van der Waals surface area (Å²) in [5.74, 6) is 1.88. The topological polar surface area (TPSA) is 86.5 Å². The van der Waals surface area contributed by atoms with E-state index in [2.05, 4.69) is 15.3 Å². The van der Waals surface area contributed by atoms with Crippen molar-refractivity contribution in [2.75, 3.05) is 12.1 Å². The van der Waals surface area contributed by atoms with E-state index in [1.165, 1.54) is 0 Å². The van der Waals surface area contributed by atoms with Crippen molar-refractivity contribution in [3.63, 3.8) is 0 Å². The number of anilines is 1. The lowest BCUT2D eigenvalue weighted by molar-refractivity contribution is -0.118. The van der Waals surface area contributed by atoms with E-state index in [1.54, 1.807) is 6.20 Å². The van der Waals surface area contributed by atoms with Gasteiger partial charge in [0.2, 0.25) is 18.6 Å². The first kappa shape index (κ1) is 17.9. The molecule has 0 saturated heterocycles. The van der Waals surface area contributed by atoms with E-state index in [4.69, 9.17) is 13.9 Å². The number of pyridine rings is 1. The lowest BCUT2D eigenvalue weighted by Crippen LogP contribution is -2.28. The molecule has 1 aliphatic heterocycles. The fraction of sp³-hybridized carbons (Fsp3) is 0.208. The van der Waals surface area contributed by atoms with Crippen LogP contribution < -0.4 is 14.8 Å². The molecule has 7 nitrogen and oxygen atoms in total. The van der Waals surface area contributed by atoms with Gasteiger partial charge in [0.15, 0.2) is 22.7 Å². The minimum absolute atomic E-state index is 0.0224. The molecule has 1 saturated carbocycles. The van der Waals surface area contributed by atoms with Crippen LogP contribution in [0.1, 0.15) is 24.0 Å². The summed E-state index contributed by atoms with van der Waals surface area (Å²) in [4.78, 5) is 22.0. The van der Waals surface area contributed by atoms with Gasteiger partial charge >= 0.3 is 0 Å². The molecule has 31 heavy (non-hydrogen) atoms. The Kier molecular flexibility index (Phi) is 3.80. The van der Waals surface area contributed by atoms with Crippen LogP contribution in [0.25, 0.3) is 22.7 Å². The largest absolute Gasteiger partial charge is 0.454 e. The number of nitrogens with zero attached hydrogens (tertiary/aromatic N) is 2. The minimum Gasteiger partial charge on any atom is -0.454 e. The van der Waals surface area contributed by atoms with Gasteiger partial charge in [0, 0.05) is 17.4 Å². The number of hydrogen-bond acceptors (Lipinski definition) is 6. The zero-order valence-electron chi connectivity index (χ0n) is 16.8. The maximum Gasteiger partial charge on any atom is 0.235 e. The molecule has 3 heterocycles. The van der Waals surface area contributed by atoms with Crippen LogP contribution in [-0.4, -0.2) is 22.7 Å². The predicted octanol–water partition coefficient (Wildman–Crippen LogP) is 4.60. The van der Waals surface area contributed by atoms with Crippen molar-refractivity contribution in [1.82, 2.24) is 9.97 Å². The van der Waals surface area contributed by atoms with E-state index in [0.717, 1.165) is 41.0 Å². The van der Waals surface area contributed by atoms with Crippen molar-refractivity contribution < 1.29 is 18.7 Å². The number of fused-ring (bicyclic) bond motifs is 2. The van der Waals surface area contributed by atoms with E-state index in [0.29, 0.717) is 22.9 Å². The predicted molar refractivity (Wildman–Crippen MR) is 114 cm³/mol. The molecule has 1 N–H and O–H groups in total. The third-order valence-electron chi connectivity index (χ3n) is 6.09. The zero-order chi connectivity index (χ0) is 21.0. The molecule has 2 aliphatic rings. The third-order valence-corrected chi connectivity index (χ3v) is 6.09. The number of nitrogens with one attached hydrogen (secondary N) is 1. The zero-order valence-corrected chi connectivity index (χ0v) is 16.8. The van der Waals surface area contributed by atoms with Crippen molar-refractivity contribution >= 4 is 22.8 Å². The van der Waals surface area contributed by atoms with Gasteiger partial charge in [0.05, 0.1) is 5.41 Å². The second-order valence-electron chi connectivity index (χ2n) is 7.93. The Morgan fingerprint density at radius 2 is 1.94 bits per heavy atom. The average molecular weight is 413 g/mol. The van der Waals surface area contributed by atoms with Crippen LogP contribution in [0.3, 0.4) is 0 Å². The molecule has 1 aliphatic carbocycles. The number of benzene rings is 2. The van der Waals surface area contributed by atoms with E-state index >= 15 is 0 Å². The summed E-state index contributed by atoms with van der Waals surface area (Å²) in [5, 5.41) is 3.13. The van der Waals surface area contributed by atoms with Crippen molar-refractivity contribution in [2.24, 2.45) is 0 Å². The molecule has 1 fully saturated rings. The summed E-state index contributed by atoms with van der Waals surface area (Å²) in [7, 11) is 0. The van der Waals surface area contributed by atoms with E-state index in [-0.39, 0.29) is 12.7 Å². The van der Waals surface area contributed by atoms with E-state index in [9.17, 15) is 4.79 Å². The summed E-state index contributed by atoms with van der Waals surface area (Å²) in [6.07, 6.45) is 3.28. The minimum atomic E-state index is -0.537. The van der Waals surface area contributed by atoms with Crippen molar-refractivity contribution in [1.29, 1.82) is 0 Å². The maximum atomic E-state index is 13.3. The molecule has 1 amide bonds. The quantitative estimate of drug-likeness (QED) is 0.526. The first-order valence-corrected chi connectivity index (χ1v) is 10.2. The molecular weight excluding hydrogens is 394 g/mol. The Hall–Kier alpha value is -3.87. The number of carbonyl (C=O) groups is 1. The molecule has 0 unspecified atom stereocenters.